The van der Waals surface area contributed by atoms with Crippen LogP contribution in [0.4, 0.5) is 0 Å². The first-order chi connectivity index (χ1) is 6.29. The fraction of sp³-hybridized carbons (Fsp3) is 0.800. The molecule has 1 saturated carbocycles. The summed E-state index contributed by atoms with van der Waals surface area (Å²) in [4.78, 5) is 21.6. The molecule has 1 aliphatic carbocycles. The Morgan fingerprint density at radius 2 is 2.31 bits per heavy atom. The first-order valence-corrected chi connectivity index (χ1v) is 4.94. The summed E-state index contributed by atoms with van der Waals surface area (Å²) in [6.45, 7) is 0. The lowest BCUT2D eigenvalue weighted by molar-refractivity contribution is -0.127. The van der Waals surface area contributed by atoms with Crippen molar-refractivity contribution >= 4 is 12.2 Å². The van der Waals surface area contributed by atoms with E-state index in [2.05, 4.69) is 5.32 Å². The average molecular weight is 183 g/mol. The third-order valence-corrected chi connectivity index (χ3v) is 2.90. The van der Waals surface area contributed by atoms with Crippen molar-refractivity contribution in [2.24, 2.45) is 11.8 Å². The molecule has 0 radical (unpaired) electrons. The number of hydrogen-bond acceptors (Lipinski definition) is 2. The number of hydrogen-bond donors (Lipinski definition) is 1. The van der Waals surface area contributed by atoms with E-state index in [1.54, 1.807) is 7.05 Å². The van der Waals surface area contributed by atoms with Crippen LogP contribution in [0.1, 0.15) is 32.1 Å². The predicted octanol–water partition coefficient (Wildman–Crippen LogP) is 1.13. The molecular formula is C10H17NO2. The van der Waals surface area contributed by atoms with Gasteiger partial charge in [0.2, 0.25) is 5.91 Å². The van der Waals surface area contributed by atoms with E-state index in [-0.39, 0.29) is 11.8 Å². The van der Waals surface area contributed by atoms with Gasteiger partial charge in [0.1, 0.15) is 6.29 Å². The lowest BCUT2D eigenvalue weighted by Crippen LogP contribution is -2.35. The third-order valence-electron chi connectivity index (χ3n) is 2.90. The fourth-order valence-corrected chi connectivity index (χ4v) is 1.86. The molecule has 0 aromatic heterocycles. The topological polar surface area (TPSA) is 46.2 Å². The standard InChI is InChI=1S/C10H17NO2/c1-11-10(13)9(6-3-7-12)8-4-2-5-8/h7-9H,2-6H2,1H3,(H,11,13). The van der Waals surface area contributed by atoms with Crippen LogP contribution in [0.25, 0.3) is 0 Å². The highest BCUT2D eigenvalue weighted by Crippen LogP contribution is 2.35. The van der Waals surface area contributed by atoms with Crippen LogP contribution in [-0.2, 0) is 9.59 Å². The molecule has 3 heteroatoms. The summed E-state index contributed by atoms with van der Waals surface area (Å²) in [7, 11) is 1.66. The minimum Gasteiger partial charge on any atom is -0.359 e. The number of nitrogens with one attached hydrogen (secondary N) is 1. The van der Waals surface area contributed by atoms with Crippen LogP contribution >= 0.6 is 0 Å². The van der Waals surface area contributed by atoms with Crippen molar-refractivity contribution in [3.05, 3.63) is 0 Å². The van der Waals surface area contributed by atoms with Crippen LogP contribution in [0.15, 0.2) is 0 Å². The highest BCUT2D eigenvalue weighted by Gasteiger charge is 2.31. The van der Waals surface area contributed by atoms with Gasteiger partial charge in [-0.15, -0.1) is 0 Å². The monoisotopic (exact) mass is 183 g/mol. The van der Waals surface area contributed by atoms with Gasteiger partial charge in [-0.1, -0.05) is 6.42 Å². The number of carbonyl (C=O) groups excluding carboxylic acids is 2. The Hall–Kier alpha value is -0.860. The number of aldehydes is 1. The molecule has 3 nitrogen and oxygen atoms in total. The average Bonchev–Trinajstić information content (AvgIpc) is 2.07. The van der Waals surface area contributed by atoms with Gasteiger partial charge in [0.15, 0.2) is 0 Å². The maximum atomic E-state index is 11.4. The molecule has 0 spiro atoms. The van der Waals surface area contributed by atoms with E-state index in [0.717, 1.165) is 19.1 Å². The summed E-state index contributed by atoms with van der Waals surface area (Å²) in [6.07, 6.45) is 5.66. The Bertz CT molecular complexity index is 187. The molecule has 1 rings (SSSR count). The van der Waals surface area contributed by atoms with Crippen LogP contribution in [0.2, 0.25) is 0 Å². The van der Waals surface area contributed by atoms with Crippen molar-refractivity contribution in [2.75, 3.05) is 7.05 Å². The molecule has 1 atom stereocenters. The lowest BCUT2D eigenvalue weighted by Gasteiger charge is -2.32. The smallest absolute Gasteiger partial charge is 0.223 e. The van der Waals surface area contributed by atoms with Crippen LogP contribution in [0, 0.1) is 11.8 Å². The number of rotatable bonds is 5. The zero-order valence-electron chi connectivity index (χ0n) is 8.08. The van der Waals surface area contributed by atoms with E-state index in [9.17, 15) is 9.59 Å². The molecular weight excluding hydrogens is 166 g/mol. The second kappa shape index (κ2) is 5.00. The predicted molar refractivity (Wildman–Crippen MR) is 50.2 cm³/mol. The van der Waals surface area contributed by atoms with Gasteiger partial charge >= 0.3 is 0 Å². The molecule has 1 fully saturated rings. The van der Waals surface area contributed by atoms with Gasteiger partial charge in [0.05, 0.1) is 0 Å². The molecule has 0 bridgehead atoms. The Morgan fingerprint density at radius 1 is 1.62 bits per heavy atom. The van der Waals surface area contributed by atoms with Gasteiger partial charge in [-0.2, -0.15) is 0 Å². The summed E-state index contributed by atoms with van der Waals surface area (Å²) < 4.78 is 0. The molecule has 0 aromatic carbocycles. The van der Waals surface area contributed by atoms with E-state index in [0.29, 0.717) is 18.8 Å². The molecule has 0 aromatic rings. The second-order valence-corrected chi connectivity index (χ2v) is 3.66. The van der Waals surface area contributed by atoms with E-state index in [1.807, 2.05) is 0 Å². The minimum atomic E-state index is 0.0731. The normalized spacial score (nSPS) is 18.8. The summed E-state index contributed by atoms with van der Waals surface area (Å²) in [5, 5.41) is 2.67. The van der Waals surface area contributed by atoms with Gasteiger partial charge in [0, 0.05) is 19.4 Å². The van der Waals surface area contributed by atoms with Gasteiger partial charge in [-0.25, -0.2) is 0 Å². The molecule has 0 heterocycles. The van der Waals surface area contributed by atoms with Crippen molar-refractivity contribution in [2.45, 2.75) is 32.1 Å². The maximum Gasteiger partial charge on any atom is 0.223 e. The highest BCUT2D eigenvalue weighted by atomic mass is 16.1. The zero-order chi connectivity index (χ0) is 9.68. The molecule has 74 valence electrons. The second-order valence-electron chi connectivity index (χ2n) is 3.66. The van der Waals surface area contributed by atoms with E-state index in [1.165, 1.54) is 6.42 Å². The van der Waals surface area contributed by atoms with Crippen molar-refractivity contribution in [3.8, 4) is 0 Å². The molecule has 1 N–H and O–H groups in total. The van der Waals surface area contributed by atoms with Gasteiger partial charge in [-0.3, -0.25) is 4.79 Å². The lowest BCUT2D eigenvalue weighted by atomic mass is 9.74. The first-order valence-electron chi connectivity index (χ1n) is 4.94. The van der Waals surface area contributed by atoms with Crippen molar-refractivity contribution in [1.82, 2.24) is 5.32 Å². The van der Waals surface area contributed by atoms with Crippen molar-refractivity contribution in [1.29, 1.82) is 0 Å². The van der Waals surface area contributed by atoms with Crippen molar-refractivity contribution in [3.63, 3.8) is 0 Å². The van der Waals surface area contributed by atoms with Crippen LogP contribution in [0.3, 0.4) is 0 Å². The first kappa shape index (κ1) is 10.2. The largest absolute Gasteiger partial charge is 0.359 e. The fourth-order valence-electron chi connectivity index (χ4n) is 1.86. The maximum absolute atomic E-state index is 11.4. The Balaban J connectivity index is 2.42. The Labute approximate surface area is 78.9 Å². The number of amides is 1. The molecule has 0 saturated heterocycles. The minimum absolute atomic E-state index is 0.0731. The van der Waals surface area contributed by atoms with Crippen molar-refractivity contribution < 1.29 is 9.59 Å². The Morgan fingerprint density at radius 3 is 2.69 bits per heavy atom. The molecule has 13 heavy (non-hydrogen) atoms. The van der Waals surface area contributed by atoms with Gasteiger partial charge in [-0.05, 0) is 25.2 Å². The molecule has 1 unspecified atom stereocenters. The quantitative estimate of drug-likeness (QED) is 0.649. The molecule has 0 aliphatic heterocycles. The third kappa shape index (κ3) is 2.54. The Kier molecular flexibility index (Phi) is 3.93. The van der Waals surface area contributed by atoms with Crippen LogP contribution in [-0.4, -0.2) is 19.2 Å². The summed E-state index contributed by atoms with van der Waals surface area (Å²) in [6, 6.07) is 0. The van der Waals surface area contributed by atoms with Crippen LogP contribution in [0.5, 0.6) is 0 Å². The SMILES string of the molecule is CNC(=O)C(CCC=O)C1CCC1. The van der Waals surface area contributed by atoms with E-state index >= 15 is 0 Å². The van der Waals surface area contributed by atoms with E-state index in [4.69, 9.17) is 0 Å². The zero-order valence-corrected chi connectivity index (χ0v) is 8.08. The summed E-state index contributed by atoms with van der Waals surface area (Å²) in [5.41, 5.74) is 0. The molecule has 1 aliphatic rings. The molecule has 1 amide bonds. The van der Waals surface area contributed by atoms with Crippen LogP contribution < -0.4 is 5.32 Å². The summed E-state index contributed by atoms with van der Waals surface area (Å²) >= 11 is 0. The van der Waals surface area contributed by atoms with Gasteiger partial charge in [0.25, 0.3) is 0 Å². The highest BCUT2D eigenvalue weighted by molar-refractivity contribution is 5.79. The number of carbonyl (C=O) groups is 2. The van der Waals surface area contributed by atoms with Gasteiger partial charge < -0.3 is 10.1 Å². The van der Waals surface area contributed by atoms with E-state index < -0.39 is 0 Å². The summed E-state index contributed by atoms with van der Waals surface area (Å²) in [5.74, 6) is 0.704.